The molecule has 0 bridgehead atoms. The SMILES string of the molecule is NCc1cccn1-c1cccc(F)c1. The van der Waals surface area contributed by atoms with Gasteiger partial charge in [0.1, 0.15) is 5.82 Å². The molecule has 1 aromatic carbocycles. The highest BCUT2D eigenvalue weighted by Gasteiger charge is 2.01. The number of hydrogen-bond acceptors (Lipinski definition) is 1. The van der Waals surface area contributed by atoms with Crippen LogP contribution in [0.25, 0.3) is 5.69 Å². The molecule has 1 heterocycles. The van der Waals surface area contributed by atoms with E-state index in [2.05, 4.69) is 0 Å². The van der Waals surface area contributed by atoms with E-state index in [0.29, 0.717) is 6.54 Å². The number of rotatable bonds is 2. The topological polar surface area (TPSA) is 30.9 Å². The van der Waals surface area contributed by atoms with Crippen LogP contribution in [0.15, 0.2) is 42.6 Å². The molecule has 2 N–H and O–H groups in total. The van der Waals surface area contributed by atoms with Crippen LogP contribution >= 0.6 is 0 Å². The minimum Gasteiger partial charge on any atom is -0.325 e. The largest absolute Gasteiger partial charge is 0.325 e. The van der Waals surface area contributed by atoms with Crippen molar-refractivity contribution in [2.45, 2.75) is 6.54 Å². The summed E-state index contributed by atoms with van der Waals surface area (Å²) in [5, 5.41) is 0. The van der Waals surface area contributed by atoms with E-state index in [0.717, 1.165) is 11.4 Å². The van der Waals surface area contributed by atoms with E-state index < -0.39 is 0 Å². The quantitative estimate of drug-likeness (QED) is 0.772. The maximum atomic E-state index is 13.0. The van der Waals surface area contributed by atoms with Gasteiger partial charge in [0.25, 0.3) is 0 Å². The van der Waals surface area contributed by atoms with E-state index in [1.54, 1.807) is 6.07 Å². The van der Waals surface area contributed by atoms with Crippen LogP contribution in [0.4, 0.5) is 4.39 Å². The lowest BCUT2D eigenvalue weighted by atomic mass is 10.3. The summed E-state index contributed by atoms with van der Waals surface area (Å²) in [7, 11) is 0. The third-order valence-electron chi connectivity index (χ3n) is 2.13. The maximum Gasteiger partial charge on any atom is 0.125 e. The molecule has 0 radical (unpaired) electrons. The van der Waals surface area contributed by atoms with Crippen molar-refractivity contribution >= 4 is 0 Å². The Morgan fingerprint density at radius 3 is 2.79 bits per heavy atom. The van der Waals surface area contributed by atoms with Gasteiger partial charge >= 0.3 is 0 Å². The van der Waals surface area contributed by atoms with E-state index in [1.807, 2.05) is 29.0 Å². The van der Waals surface area contributed by atoms with Crippen LogP contribution in [0.5, 0.6) is 0 Å². The number of hydrogen-bond donors (Lipinski definition) is 1. The van der Waals surface area contributed by atoms with Gasteiger partial charge in [0.15, 0.2) is 0 Å². The normalized spacial score (nSPS) is 10.4. The molecule has 0 aliphatic heterocycles. The lowest BCUT2D eigenvalue weighted by Gasteiger charge is -2.07. The smallest absolute Gasteiger partial charge is 0.125 e. The Morgan fingerprint density at radius 2 is 2.07 bits per heavy atom. The summed E-state index contributed by atoms with van der Waals surface area (Å²) in [4.78, 5) is 0. The maximum absolute atomic E-state index is 13.0. The van der Waals surface area contributed by atoms with Gasteiger partial charge in [-0.1, -0.05) is 6.07 Å². The van der Waals surface area contributed by atoms with Crippen LogP contribution < -0.4 is 5.73 Å². The zero-order valence-corrected chi connectivity index (χ0v) is 7.65. The Labute approximate surface area is 81.8 Å². The van der Waals surface area contributed by atoms with Gasteiger partial charge in [-0.15, -0.1) is 0 Å². The molecule has 1 aromatic heterocycles. The van der Waals surface area contributed by atoms with Gasteiger partial charge in [-0.05, 0) is 30.3 Å². The summed E-state index contributed by atoms with van der Waals surface area (Å²) >= 11 is 0. The predicted octanol–water partition coefficient (Wildman–Crippen LogP) is 2.08. The van der Waals surface area contributed by atoms with Gasteiger partial charge in [0.2, 0.25) is 0 Å². The fraction of sp³-hybridized carbons (Fsp3) is 0.0909. The Morgan fingerprint density at radius 1 is 1.21 bits per heavy atom. The lowest BCUT2D eigenvalue weighted by Crippen LogP contribution is -2.04. The van der Waals surface area contributed by atoms with Crippen molar-refractivity contribution in [1.82, 2.24) is 4.57 Å². The van der Waals surface area contributed by atoms with E-state index in [4.69, 9.17) is 5.73 Å². The van der Waals surface area contributed by atoms with Crippen molar-refractivity contribution in [2.24, 2.45) is 5.73 Å². The van der Waals surface area contributed by atoms with Crippen molar-refractivity contribution in [3.05, 3.63) is 54.1 Å². The second-order valence-corrected chi connectivity index (χ2v) is 3.05. The van der Waals surface area contributed by atoms with Gasteiger partial charge in [-0.25, -0.2) is 4.39 Å². The van der Waals surface area contributed by atoms with E-state index in [9.17, 15) is 4.39 Å². The molecular weight excluding hydrogens is 179 g/mol. The highest BCUT2D eigenvalue weighted by molar-refractivity contribution is 5.35. The van der Waals surface area contributed by atoms with Crippen LogP contribution in [-0.2, 0) is 6.54 Å². The van der Waals surface area contributed by atoms with Crippen LogP contribution in [0, 0.1) is 5.82 Å². The molecule has 2 aromatic rings. The van der Waals surface area contributed by atoms with Gasteiger partial charge in [0.05, 0.1) is 0 Å². The third-order valence-corrected chi connectivity index (χ3v) is 2.13. The first-order valence-electron chi connectivity index (χ1n) is 4.43. The van der Waals surface area contributed by atoms with Crippen molar-refractivity contribution in [3.63, 3.8) is 0 Å². The Bertz CT molecular complexity index is 434. The molecule has 0 saturated heterocycles. The molecule has 72 valence electrons. The number of aromatic nitrogens is 1. The Hall–Kier alpha value is -1.61. The summed E-state index contributed by atoms with van der Waals surface area (Å²) in [6.07, 6.45) is 1.87. The molecule has 0 aliphatic rings. The van der Waals surface area contributed by atoms with E-state index in [1.165, 1.54) is 12.1 Å². The molecule has 0 saturated carbocycles. The molecule has 2 rings (SSSR count). The van der Waals surface area contributed by atoms with Gasteiger partial charge < -0.3 is 10.3 Å². The number of halogens is 1. The van der Waals surface area contributed by atoms with Crippen molar-refractivity contribution < 1.29 is 4.39 Å². The number of benzene rings is 1. The van der Waals surface area contributed by atoms with Gasteiger partial charge in [-0.3, -0.25) is 0 Å². The molecule has 2 nitrogen and oxygen atoms in total. The first-order valence-corrected chi connectivity index (χ1v) is 4.43. The molecule has 3 heteroatoms. The number of nitrogens with zero attached hydrogens (tertiary/aromatic N) is 1. The zero-order chi connectivity index (χ0) is 9.97. The standard InChI is InChI=1S/C11H11FN2/c12-9-3-1-4-10(7-9)14-6-2-5-11(14)8-13/h1-7H,8,13H2. The van der Waals surface area contributed by atoms with Crippen molar-refractivity contribution in [3.8, 4) is 5.69 Å². The molecule has 0 fully saturated rings. The molecule has 0 spiro atoms. The summed E-state index contributed by atoms with van der Waals surface area (Å²) in [5.74, 6) is -0.237. The van der Waals surface area contributed by atoms with Crippen LogP contribution in [0.2, 0.25) is 0 Å². The van der Waals surface area contributed by atoms with E-state index in [-0.39, 0.29) is 5.82 Å². The first kappa shape index (κ1) is 8.97. The first-order chi connectivity index (χ1) is 6.81. The van der Waals surface area contributed by atoms with Gasteiger partial charge in [0, 0.05) is 24.1 Å². The van der Waals surface area contributed by atoms with Gasteiger partial charge in [-0.2, -0.15) is 0 Å². The lowest BCUT2D eigenvalue weighted by molar-refractivity contribution is 0.626. The molecule has 14 heavy (non-hydrogen) atoms. The van der Waals surface area contributed by atoms with E-state index >= 15 is 0 Å². The summed E-state index contributed by atoms with van der Waals surface area (Å²) in [6, 6.07) is 10.3. The highest BCUT2D eigenvalue weighted by Crippen LogP contribution is 2.13. The second-order valence-electron chi connectivity index (χ2n) is 3.05. The highest BCUT2D eigenvalue weighted by atomic mass is 19.1. The average molecular weight is 190 g/mol. The van der Waals surface area contributed by atoms with Crippen molar-refractivity contribution in [1.29, 1.82) is 0 Å². The monoisotopic (exact) mass is 190 g/mol. The molecule has 0 atom stereocenters. The Balaban J connectivity index is 2.49. The fourth-order valence-corrected chi connectivity index (χ4v) is 1.46. The molecule has 0 amide bonds. The number of nitrogens with two attached hydrogens (primary N) is 1. The minimum atomic E-state index is -0.237. The third kappa shape index (κ3) is 1.54. The van der Waals surface area contributed by atoms with Crippen molar-refractivity contribution in [2.75, 3.05) is 0 Å². The van der Waals surface area contributed by atoms with Crippen LogP contribution in [-0.4, -0.2) is 4.57 Å². The van der Waals surface area contributed by atoms with Crippen LogP contribution in [0.1, 0.15) is 5.69 Å². The summed E-state index contributed by atoms with van der Waals surface area (Å²) in [6.45, 7) is 0.448. The summed E-state index contributed by atoms with van der Waals surface area (Å²) < 4.78 is 14.8. The molecule has 0 aliphatic carbocycles. The van der Waals surface area contributed by atoms with Crippen LogP contribution in [0.3, 0.4) is 0 Å². The molecule has 0 unspecified atom stereocenters. The average Bonchev–Trinajstić information content (AvgIpc) is 2.65. The predicted molar refractivity (Wildman–Crippen MR) is 53.6 cm³/mol. The second kappa shape index (κ2) is 3.64. The summed E-state index contributed by atoms with van der Waals surface area (Å²) in [5.41, 5.74) is 7.33. The zero-order valence-electron chi connectivity index (χ0n) is 7.65. The molecular formula is C11H11FN2. The minimum absolute atomic E-state index is 0.237. The fourth-order valence-electron chi connectivity index (χ4n) is 1.46. The Kier molecular flexibility index (Phi) is 2.33.